The summed E-state index contributed by atoms with van der Waals surface area (Å²) >= 11 is 3.83. The summed E-state index contributed by atoms with van der Waals surface area (Å²) in [5.41, 5.74) is -0.0957. The Labute approximate surface area is 207 Å². The topological polar surface area (TPSA) is 72.2 Å². The van der Waals surface area contributed by atoms with Crippen LogP contribution < -0.4 is 10.9 Å². The van der Waals surface area contributed by atoms with Crippen LogP contribution in [0.3, 0.4) is 0 Å². The zero-order valence-electron chi connectivity index (χ0n) is 18.3. The van der Waals surface area contributed by atoms with Crippen molar-refractivity contribution in [1.29, 1.82) is 0 Å². The predicted octanol–water partition coefficient (Wildman–Crippen LogP) is 3.83. The molecule has 0 radical (unpaired) electrons. The van der Waals surface area contributed by atoms with Gasteiger partial charge in [0, 0.05) is 0 Å². The molecule has 32 heavy (non-hydrogen) atoms. The summed E-state index contributed by atoms with van der Waals surface area (Å²) in [6, 6.07) is 5.55. The molecule has 0 amide bonds. The summed E-state index contributed by atoms with van der Waals surface area (Å²) < 4.78 is 33.1. The molecule has 7 nitrogen and oxygen atoms in total. The molecule has 11 heteroatoms. The summed E-state index contributed by atoms with van der Waals surface area (Å²) in [7, 11) is -1.57. The molecule has 3 aromatic rings. The fourth-order valence-corrected chi connectivity index (χ4v) is 9.10. The summed E-state index contributed by atoms with van der Waals surface area (Å²) in [5.74, 6) is 0. The van der Waals surface area contributed by atoms with Crippen LogP contribution in [0.5, 0.6) is 0 Å². The predicted molar refractivity (Wildman–Crippen MR) is 135 cm³/mol. The van der Waals surface area contributed by atoms with Crippen LogP contribution in [0.25, 0.3) is 20.6 Å². The van der Waals surface area contributed by atoms with Gasteiger partial charge in [0.25, 0.3) is 0 Å². The Bertz CT molecular complexity index is 1200. The molecule has 176 valence electrons. The molecule has 3 heterocycles. The van der Waals surface area contributed by atoms with Crippen LogP contribution in [-0.4, -0.2) is 70.7 Å². The van der Waals surface area contributed by atoms with Gasteiger partial charge in [0.2, 0.25) is 0 Å². The standard InChI is InChI=1S/C21H26BrN2O5PSe.ClH/c1-4-27-30(26,28-5-2)16-12-14-6-7-15-18(22)17(13-24-10-8-23(3)9-11-24)31-20(15)19(14)29-21(16)25;/h6-7,12H,4-5,8-11,13H2,1-3H3;1H. The Morgan fingerprint density at radius 1 is 1.16 bits per heavy atom. The van der Waals surface area contributed by atoms with Gasteiger partial charge in [0.15, 0.2) is 0 Å². The first kappa shape index (κ1) is 26.1. The first-order valence-electron chi connectivity index (χ1n) is 10.3. The van der Waals surface area contributed by atoms with E-state index in [1.165, 1.54) is 4.44 Å². The monoisotopic (exact) mass is 612 g/mol. The SMILES string of the molecule is CCOP(=O)(OCC)c1cc2ccc3c(Br)c(CN4CCN(C)CC4)[se]c3c2oc1=O.Cl. The second-order valence-corrected chi connectivity index (χ2v) is 12.6. The molecule has 1 aromatic carbocycles. The summed E-state index contributed by atoms with van der Waals surface area (Å²) in [4.78, 5) is 17.6. The molecule has 1 aliphatic heterocycles. The Morgan fingerprint density at radius 3 is 2.44 bits per heavy atom. The first-order chi connectivity index (χ1) is 14.9. The van der Waals surface area contributed by atoms with E-state index in [9.17, 15) is 9.36 Å². The number of halogens is 2. The Hall–Kier alpha value is -0.471. The zero-order chi connectivity index (χ0) is 22.2. The van der Waals surface area contributed by atoms with E-state index in [-0.39, 0.29) is 45.4 Å². The maximum atomic E-state index is 13.1. The van der Waals surface area contributed by atoms with Crippen LogP contribution in [0.15, 0.2) is 31.9 Å². The summed E-state index contributed by atoms with van der Waals surface area (Å²) in [5, 5.41) is 1.76. The van der Waals surface area contributed by atoms with Crippen molar-refractivity contribution in [3.8, 4) is 0 Å². The molecule has 0 N–H and O–H groups in total. The van der Waals surface area contributed by atoms with Crippen molar-refractivity contribution < 1.29 is 18.0 Å². The second kappa shape index (κ2) is 10.9. The summed E-state index contributed by atoms with van der Waals surface area (Å²) in [6.45, 7) is 8.95. The van der Waals surface area contributed by atoms with Gasteiger partial charge < -0.3 is 0 Å². The van der Waals surface area contributed by atoms with Crippen molar-refractivity contribution in [1.82, 2.24) is 9.80 Å². The van der Waals surface area contributed by atoms with Crippen LogP contribution in [0.2, 0.25) is 0 Å². The maximum absolute atomic E-state index is 13.1. The smallest absolute Gasteiger partial charge is 0.147 e. The molecule has 1 aliphatic rings. The molecule has 1 fully saturated rings. The minimum absolute atomic E-state index is 0. The van der Waals surface area contributed by atoms with Gasteiger partial charge in [0.05, 0.1) is 0 Å². The van der Waals surface area contributed by atoms with Crippen LogP contribution in [0.1, 0.15) is 18.3 Å². The van der Waals surface area contributed by atoms with E-state index in [4.69, 9.17) is 13.5 Å². The third-order valence-electron chi connectivity index (χ3n) is 5.40. The van der Waals surface area contributed by atoms with Crippen LogP contribution in [0, 0.1) is 0 Å². The van der Waals surface area contributed by atoms with Gasteiger partial charge in [-0.05, 0) is 0 Å². The van der Waals surface area contributed by atoms with Crippen molar-refractivity contribution in [2.75, 3.05) is 46.4 Å². The average Bonchev–Trinajstić information content (AvgIpc) is 3.05. The second-order valence-electron chi connectivity index (χ2n) is 7.53. The minimum Gasteiger partial charge on any atom is -0.147 e. The van der Waals surface area contributed by atoms with Gasteiger partial charge >= 0.3 is 196 Å². The number of likely N-dealkylation sites (N-methyl/N-ethyl adjacent to an activating group) is 1. The first-order valence-corrected chi connectivity index (χ1v) is 14.4. The van der Waals surface area contributed by atoms with E-state index in [0.29, 0.717) is 5.58 Å². The molecule has 0 saturated carbocycles. The van der Waals surface area contributed by atoms with Crippen molar-refractivity contribution in [3.05, 3.63) is 37.5 Å². The van der Waals surface area contributed by atoms with Crippen molar-refractivity contribution in [2.45, 2.75) is 20.4 Å². The number of rotatable bonds is 7. The minimum atomic E-state index is -3.72. The molecule has 1 saturated heterocycles. The van der Waals surface area contributed by atoms with E-state index in [0.717, 1.165) is 52.2 Å². The molecule has 0 unspecified atom stereocenters. The largest absolute Gasteiger partial charge is 0.147 e. The molecule has 4 rings (SSSR count). The van der Waals surface area contributed by atoms with Gasteiger partial charge in [0.1, 0.15) is 0 Å². The van der Waals surface area contributed by atoms with Gasteiger partial charge in [-0.1, -0.05) is 0 Å². The van der Waals surface area contributed by atoms with Crippen LogP contribution in [-0.2, 0) is 20.2 Å². The number of hydrogen-bond acceptors (Lipinski definition) is 7. The van der Waals surface area contributed by atoms with Crippen LogP contribution in [0.4, 0.5) is 0 Å². The molecule has 0 spiro atoms. The van der Waals surface area contributed by atoms with E-state index in [1.807, 2.05) is 12.1 Å². The molecular formula is C21H27BrClN2O5PSe. The average molecular weight is 613 g/mol. The van der Waals surface area contributed by atoms with Crippen LogP contribution >= 0.6 is 35.9 Å². The molecular weight excluding hydrogens is 586 g/mol. The zero-order valence-corrected chi connectivity index (χ0v) is 23.3. The number of nitrogens with zero attached hydrogens (tertiary/aromatic N) is 2. The number of benzene rings is 1. The fraction of sp³-hybridized carbons (Fsp3) is 0.476. The quantitative estimate of drug-likeness (QED) is 0.228. The third kappa shape index (κ3) is 5.12. The number of piperazine rings is 1. The van der Waals surface area contributed by atoms with Gasteiger partial charge in [-0.3, -0.25) is 0 Å². The molecule has 0 bridgehead atoms. The third-order valence-corrected chi connectivity index (χ3v) is 11.5. The molecule has 2 aromatic heterocycles. The van der Waals surface area contributed by atoms with Crippen molar-refractivity contribution >= 4 is 76.4 Å². The Balaban J connectivity index is 0.00000289. The normalized spacial score (nSPS) is 16.0. The van der Waals surface area contributed by atoms with Gasteiger partial charge in [-0.2, -0.15) is 0 Å². The van der Waals surface area contributed by atoms with E-state index in [2.05, 4.69) is 32.8 Å². The molecule has 0 aliphatic carbocycles. The number of fused-ring (bicyclic) bond motifs is 3. The Kier molecular flexibility index (Phi) is 8.86. The molecule has 0 atom stereocenters. The maximum Gasteiger partial charge on any atom is -0.147 e. The van der Waals surface area contributed by atoms with E-state index >= 15 is 0 Å². The van der Waals surface area contributed by atoms with Gasteiger partial charge in [-0.25, -0.2) is 0 Å². The van der Waals surface area contributed by atoms with Crippen molar-refractivity contribution in [2.24, 2.45) is 0 Å². The van der Waals surface area contributed by atoms with Crippen molar-refractivity contribution in [3.63, 3.8) is 0 Å². The van der Waals surface area contributed by atoms with E-state index < -0.39 is 13.2 Å². The number of hydrogen-bond donors (Lipinski definition) is 0. The Morgan fingerprint density at radius 2 is 1.81 bits per heavy atom. The summed E-state index contributed by atoms with van der Waals surface area (Å²) in [6.07, 6.45) is 0. The fourth-order valence-electron chi connectivity index (χ4n) is 3.76. The van der Waals surface area contributed by atoms with E-state index in [1.54, 1.807) is 19.9 Å². The van der Waals surface area contributed by atoms with Gasteiger partial charge in [-0.15, -0.1) is 12.4 Å².